The van der Waals surface area contributed by atoms with Crippen LogP contribution in [0.1, 0.15) is 15.9 Å². The molecule has 19 heavy (non-hydrogen) atoms. The van der Waals surface area contributed by atoms with Crippen molar-refractivity contribution in [3.05, 3.63) is 52.8 Å². The van der Waals surface area contributed by atoms with Crippen LogP contribution in [0.2, 0.25) is 5.15 Å². The fourth-order valence-electron chi connectivity index (χ4n) is 1.52. The number of carbonyl (C=O) groups is 1. The maximum atomic E-state index is 10.9. The van der Waals surface area contributed by atoms with Gasteiger partial charge < -0.3 is 9.47 Å². The van der Waals surface area contributed by atoms with Crippen LogP contribution < -0.4 is 9.47 Å². The number of hydrogen-bond donors (Lipinski definition) is 0. The number of nitrogens with zero attached hydrogens (tertiary/aromatic N) is 1. The van der Waals surface area contributed by atoms with Crippen LogP contribution >= 0.6 is 11.6 Å². The number of ether oxygens (including phenoxy) is 2. The van der Waals surface area contributed by atoms with Crippen LogP contribution in [0.3, 0.4) is 0 Å². The van der Waals surface area contributed by atoms with Crippen LogP contribution in [-0.4, -0.2) is 18.4 Å². The molecule has 0 aliphatic rings. The average Bonchev–Trinajstić information content (AvgIpc) is 2.46. The summed E-state index contributed by atoms with van der Waals surface area (Å²) in [5.41, 5.74) is 1.34. The van der Waals surface area contributed by atoms with E-state index in [0.29, 0.717) is 24.2 Å². The van der Waals surface area contributed by atoms with Crippen LogP contribution in [0.25, 0.3) is 0 Å². The molecule has 0 radical (unpaired) electrons. The molecule has 2 rings (SSSR count). The van der Waals surface area contributed by atoms with E-state index < -0.39 is 0 Å². The molecule has 1 aromatic carbocycles. The van der Waals surface area contributed by atoms with Gasteiger partial charge in [0.15, 0.2) is 6.29 Å². The summed E-state index contributed by atoms with van der Waals surface area (Å²) >= 11 is 5.77. The fraction of sp³-hybridized carbons (Fsp3) is 0.143. The summed E-state index contributed by atoms with van der Waals surface area (Å²) in [4.78, 5) is 14.7. The first-order chi connectivity index (χ1) is 9.22. The number of hydrogen-bond acceptors (Lipinski definition) is 4. The molecule has 0 amide bonds. The highest BCUT2D eigenvalue weighted by Crippen LogP contribution is 2.21. The molecule has 0 aliphatic heterocycles. The molecule has 4 nitrogen and oxygen atoms in total. The van der Waals surface area contributed by atoms with Crippen molar-refractivity contribution >= 4 is 17.9 Å². The first-order valence-electron chi connectivity index (χ1n) is 5.59. The molecule has 98 valence electrons. The standard InChI is InChI=1S/C14H12ClNO3/c1-18-12-4-2-10(3-5-12)9-19-13-6-14(15)16-7-11(13)8-17/h2-8H,9H2,1H3. The van der Waals surface area contributed by atoms with E-state index in [1.807, 2.05) is 24.3 Å². The Morgan fingerprint density at radius 3 is 2.68 bits per heavy atom. The number of benzene rings is 1. The third-order valence-electron chi connectivity index (χ3n) is 2.54. The van der Waals surface area contributed by atoms with Crippen LogP contribution in [0.15, 0.2) is 36.5 Å². The number of aldehydes is 1. The summed E-state index contributed by atoms with van der Waals surface area (Å²) in [6, 6.07) is 9.00. The van der Waals surface area contributed by atoms with Gasteiger partial charge in [0.1, 0.15) is 23.3 Å². The molecule has 0 aliphatic carbocycles. The first-order valence-corrected chi connectivity index (χ1v) is 5.97. The van der Waals surface area contributed by atoms with Gasteiger partial charge in [-0.2, -0.15) is 0 Å². The van der Waals surface area contributed by atoms with Crippen molar-refractivity contribution in [3.8, 4) is 11.5 Å². The molecule has 0 bridgehead atoms. The molecule has 0 saturated heterocycles. The van der Waals surface area contributed by atoms with E-state index in [9.17, 15) is 4.79 Å². The Bertz CT molecular complexity index is 569. The van der Waals surface area contributed by atoms with Gasteiger partial charge in [-0.15, -0.1) is 0 Å². The van der Waals surface area contributed by atoms with Gasteiger partial charge >= 0.3 is 0 Å². The third-order valence-corrected chi connectivity index (χ3v) is 2.75. The van der Waals surface area contributed by atoms with Gasteiger partial charge in [-0.1, -0.05) is 23.7 Å². The highest BCUT2D eigenvalue weighted by molar-refractivity contribution is 6.29. The largest absolute Gasteiger partial charge is 0.497 e. The minimum Gasteiger partial charge on any atom is -0.497 e. The second-order valence-electron chi connectivity index (χ2n) is 3.80. The minimum absolute atomic E-state index is 0.287. The lowest BCUT2D eigenvalue weighted by atomic mass is 10.2. The summed E-state index contributed by atoms with van der Waals surface area (Å²) in [7, 11) is 1.61. The third kappa shape index (κ3) is 3.45. The quantitative estimate of drug-likeness (QED) is 0.622. The predicted octanol–water partition coefficient (Wildman–Crippen LogP) is 3.14. The lowest BCUT2D eigenvalue weighted by Crippen LogP contribution is -1.99. The van der Waals surface area contributed by atoms with Crippen molar-refractivity contribution in [2.75, 3.05) is 7.11 Å². The van der Waals surface area contributed by atoms with Gasteiger partial charge in [-0.3, -0.25) is 4.79 Å². The molecule has 0 fully saturated rings. The van der Waals surface area contributed by atoms with Gasteiger partial charge in [0.05, 0.1) is 12.7 Å². The van der Waals surface area contributed by atoms with E-state index in [2.05, 4.69) is 4.98 Å². The number of halogens is 1. The molecule has 0 atom stereocenters. The molecule has 0 N–H and O–H groups in total. The van der Waals surface area contributed by atoms with Crippen LogP contribution in [-0.2, 0) is 6.61 Å². The second kappa shape index (κ2) is 6.20. The maximum absolute atomic E-state index is 10.9. The lowest BCUT2D eigenvalue weighted by Gasteiger charge is -2.09. The monoisotopic (exact) mass is 277 g/mol. The van der Waals surface area contributed by atoms with Crippen LogP contribution in [0, 0.1) is 0 Å². The van der Waals surface area contributed by atoms with Crippen molar-refractivity contribution in [1.29, 1.82) is 0 Å². The van der Waals surface area contributed by atoms with Crippen molar-refractivity contribution in [2.24, 2.45) is 0 Å². The molecule has 0 saturated carbocycles. The Hall–Kier alpha value is -2.07. The number of aromatic nitrogens is 1. The predicted molar refractivity (Wildman–Crippen MR) is 72.0 cm³/mol. The van der Waals surface area contributed by atoms with Gasteiger partial charge in [0.25, 0.3) is 0 Å². The van der Waals surface area contributed by atoms with Gasteiger partial charge in [0, 0.05) is 12.3 Å². The van der Waals surface area contributed by atoms with Gasteiger partial charge in [0.2, 0.25) is 0 Å². The molecule has 1 heterocycles. The Morgan fingerprint density at radius 2 is 2.05 bits per heavy atom. The highest BCUT2D eigenvalue weighted by atomic mass is 35.5. The van der Waals surface area contributed by atoms with E-state index in [-0.39, 0.29) is 5.15 Å². The summed E-state index contributed by atoms with van der Waals surface area (Å²) in [5.74, 6) is 1.20. The van der Waals surface area contributed by atoms with E-state index in [1.54, 1.807) is 7.11 Å². The average molecular weight is 278 g/mol. The van der Waals surface area contributed by atoms with Crippen molar-refractivity contribution in [1.82, 2.24) is 4.98 Å². The molecule has 2 aromatic rings. The smallest absolute Gasteiger partial charge is 0.155 e. The number of pyridine rings is 1. The van der Waals surface area contributed by atoms with E-state index in [1.165, 1.54) is 12.3 Å². The summed E-state index contributed by atoms with van der Waals surface area (Å²) in [6.07, 6.45) is 2.07. The highest BCUT2D eigenvalue weighted by Gasteiger charge is 2.05. The first kappa shape index (κ1) is 13.4. The Kier molecular flexibility index (Phi) is 4.36. The lowest BCUT2D eigenvalue weighted by molar-refractivity contribution is 0.111. The SMILES string of the molecule is COc1ccc(COc2cc(Cl)ncc2C=O)cc1. The second-order valence-corrected chi connectivity index (χ2v) is 4.19. The zero-order valence-corrected chi connectivity index (χ0v) is 11.1. The van der Waals surface area contributed by atoms with E-state index >= 15 is 0 Å². The molecule has 0 spiro atoms. The maximum Gasteiger partial charge on any atom is 0.155 e. The van der Waals surface area contributed by atoms with Crippen LogP contribution in [0.4, 0.5) is 0 Å². The van der Waals surface area contributed by atoms with Gasteiger partial charge in [-0.25, -0.2) is 4.98 Å². The van der Waals surface area contributed by atoms with Gasteiger partial charge in [-0.05, 0) is 17.7 Å². The summed E-state index contributed by atoms with van der Waals surface area (Å²) in [5, 5.41) is 0.287. The molecule has 5 heteroatoms. The van der Waals surface area contributed by atoms with Crippen molar-refractivity contribution in [3.63, 3.8) is 0 Å². The van der Waals surface area contributed by atoms with E-state index in [4.69, 9.17) is 21.1 Å². The number of carbonyl (C=O) groups excluding carboxylic acids is 1. The van der Waals surface area contributed by atoms with E-state index in [0.717, 1.165) is 11.3 Å². The minimum atomic E-state index is 0.287. The fourth-order valence-corrected chi connectivity index (χ4v) is 1.67. The molecule has 1 aromatic heterocycles. The molecular weight excluding hydrogens is 266 g/mol. The number of rotatable bonds is 5. The topological polar surface area (TPSA) is 48.4 Å². The zero-order chi connectivity index (χ0) is 13.7. The number of methoxy groups -OCH3 is 1. The molecular formula is C14H12ClNO3. The summed E-state index contributed by atoms with van der Waals surface area (Å²) < 4.78 is 10.6. The zero-order valence-electron chi connectivity index (χ0n) is 10.3. The molecule has 0 unspecified atom stereocenters. The summed E-state index contributed by atoms with van der Waals surface area (Å²) in [6.45, 7) is 0.338. The van der Waals surface area contributed by atoms with Crippen molar-refractivity contribution < 1.29 is 14.3 Å². The Balaban J connectivity index is 2.09. The Morgan fingerprint density at radius 1 is 1.32 bits per heavy atom. The van der Waals surface area contributed by atoms with Crippen LogP contribution in [0.5, 0.6) is 11.5 Å². The Labute approximate surface area is 115 Å². The normalized spacial score (nSPS) is 10.0. The van der Waals surface area contributed by atoms with Crippen molar-refractivity contribution in [2.45, 2.75) is 6.61 Å².